The highest BCUT2D eigenvalue weighted by Gasteiger charge is 2.27. The van der Waals surface area contributed by atoms with Crippen LogP contribution in [0.5, 0.6) is 5.75 Å². The summed E-state index contributed by atoms with van der Waals surface area (Å²) >= 11 is 0. The van der Waals surface area contributed by atoms with Crippen LogP contribution < -0.4 is 11.1 Å². The lowest BCUT2D eigenvalue weighted by Crippen LogP contribution is -2.37. The number of phenols is 1. The molecule has 1 aliphatic rings. The fourth-order valence-electron chi connectivity index (χ4n) is 2.71. The van der Waals surface area contributed by atoms with Crippen molar-refractivity contribution in [3.63, 3.8) is 0 Å². The molecule has 1 saturated carbocycles. The molecule has 0 saturated heterocycles. The van der Waals surface area contributed by atoms with E-state index in [1.165, 1.54) is 31.4 Å². The summed E-state index contributed by atoms with van der Waals surface area (Å²) in [5, 5.41) is 12.4. The van der Waals surface area contributed by atoms with Crippen LogP contribution in [-0.4, -0.2) is 17.6 Å². The van der Waals surface area contributed by atoms with Crippen LogP contribution in [0.1, 0.15) is 49.4 Å². The van der Waals surface area contributed by atoms with Gasteiger partial charge >= 0.3 is 0 Å². The second-order valence-electron chi connectivity index (χ2n) is 5.83. The van der Waals surface area contributed by atoms with Crippen molar-refractivity contribution in [2.75, 3.05) is 12.3 Å². The van der Waals surface area contributed by atoms with Crippen LogP contribution >= 0.6 is 0 Å². The zero-order chi connectivity index (χ0) is 13.9. The van der Waals surface area contributed by atoms with E-state index in [1.54, 1.807) is 6.07 Å². The Labute approximate surface area is 114 Å². The third-order valence-electron chi connectivity index (χ3n) is 4.02. The van der Waals surface area contributed by atoms with E-state index in [0.717, 1.165) is 12.8 Å². The van der Waals surface area contributed by atoms with Crippen LogP contribution in [0.4, 0.5) is 5.69 Å². The number of nitrogens with one attached hydrogen (secondary N) is 1. The van der Waals surface area contributed by atoms with Gasteiger partial charge in [-0.2, -0.15) is 0 Å². The fraction of sp³-hybridized carbons (Fsp3) is 0.533. The number of benzene rings is 1. The summed E-state index contributed by atoms with van der Waals surface area (Å²) in [6.07, 6.45) is 6.08. The Morgan fingerprint density at radius 2 is 2.05 bits per heavy atom. The molecule has 4 heteroatoms. The number of aromatic hydroxyl groups is 1. The molecule has 0 bridgehead atoms. The smallest absolute Gasteiger partial charge is 0.253 e. The zero-order valence-electron chi connectivity index (χ0n) is 11.4. The number of phenolic OH excluding ortho intramolecular Hbond substituents is 1. The molecule has 1 fully saturated rings. The Bertz CT molecular complexity index is 465. The average molecular weight is 262 g/mol. The van der Waals surface area contributed by atoms with Crippen molar-refractivity contribution in [2.24, 2.45) is 5.41 Å². The van der Waals surface area contributed by atoms with Gasteiger partial charge in [0.1, 0.15) is 5.75 Å². The van der Waals surface area contributed by atoms with Gasteiger partial charge < -0.3 is 16.2 Å². The minimum Gasteiger partial charge on any atom is -0.508 e. The van der Waals surface area contributed by atoms with Gasteiger partial charge in [-0.3, -0.25) is 4.79 Å². The first-order valence-electron chi connectivity index (χ1n) is 6.87. The molecule has 1 aromatic rings. The van der Waals surface area contributed by atoms with Gasteiger partial charge in [-0.25, -0.2) is 0 Å². The largest absolute Gasteiger partial charge is 0.508 e. The number of carbonyl (C=O) groups excluding carboxylic acids is 1. The summed E-state index contributed by atoms with van der Waals surface area (Å²) in [6.45, 7) is 2.89. The quantitative estimate of drug-likeness (QED) is 0.579. The number of hydrogen-bond acceptors (Lipinski definition) is 3. The van der Waals surface area contributed by atoms with Gasteiger partial charge in [-0.05, 0) is 36.5 Å². The van der Waals surface area contributed by atoms with Gasteiger partial charge in [0.2, 0.25) is 0 Å². The molecule has 0 heterocycles. The first-order valence-corrected chi connectivity index (χ1v) is 6.87. The molecule has 19 heavy (non-hydrogen) atoms. The number of rotatable bonds is 3. The highest BCUT2D eigenvalue weighted by Crippen LogP contribution is 2.35. The topological polar surface area (TPSA) is 75.3 Å². The minimum absolute atomic E-state index is 0.0585. The van der Waals surface area contributed by atoms with Crippen molar-refractivity contribution in [1.29, 1.82) is 0 Å². The van der Waals surface area contributed by atoms with Gasteiger partial charge in [0, 0.05) is 12.2 Å². The molecule has 0 aromatic heterocycles. The summed E-state index contributed by atoms with van der Waals surface area (Å²) in [5.41, 5.74) is 6.69. The van der Waals surface area contributed by atoms with Gasteiger partial charge in [-0.1, -0.05) is 26.2 Å². The maximum absolute atomic E-state index is 12.1. The van der Waals surface area contributed by atoms with Crippen molar-refractivity contribution in [3.05, 3.63) is 23.8 Å². The lowest BCUT2D eigenvalue weighted by molar-refractivity contribution is 0.0919. The molecular weight excluding hydrogens is 240 g/mol. The number of hydrogen-bond donors (Lipinski definition) is 3. The lowest BCUT2D eigenvalue weighted by atomic mass is 9.76. The van der Waals surface area contributed by atoms with Gasteiger partial charge in [-0.15, -0.1) is 0 Å². The van der Waals surface area contributed by atoms with E-state index in [9.17, 15) is 9.90 Å². The normalized spacial score (nSPS) is 17.9. The molecular formula is C15H22N2O2. The van der Waals surface area contributed by atoms with Crippen molar-refractivity contribution >= 4 is 11.6 Å². The second-order valence-corrected chi connectivity index (χ2v) is 5.83. The highest BCUT2D eigenvalue weighted by atomic mass is 16.3. The third-order valence-corrected chi connectivity index (χ3v) is 4.02. The maximum atomic E-state index is 12.1. The highest BCUT2D eigenvalue weighted by molar-refractivity contribution is 5.99. The zero-order valence-corrected chi connectivity index (χ0v) is 11.4. The molecule has 0 atom stereocenters. The number of nitrogens with two attached hydrogens (primary N) is 1. The standard InChI is InChI=1S/C15H22N2O2/c1-15(7-3-2-4-8-15)10-17-14(19)12-9-11(18)5-6-13(12)16/h5-6,9,18H,2-4,7-8,10,16H2,1H3,(H,17,19). The van der Waals surface area contributed by atoms with Crippen molar-refractivity contribution in [2.45, 2.75) is 39.0 Å². The number of nitrogen functional groups attached to an aromatic ring is 1. The molecule has 0 spiro atoms. The van der Waals surface area contributed by atoms with Crippen LogP contribution in [0.15, 0.2) is 18.2 Å². The summed E-state index contributed by atoms with van der Waals surface area (Å²) in [6, 6.07) is 4.44. The molecule has 4 N–H and O–H groups in total. The Hall–Kier alpha value is -1.71. The fourth-order valence-corrected chi connectivity index (χ4v) is 2.71. The van der Waals surface area contributed by atoms with E-state index in [4.69, 9.17) is 5.73 Å². The lowest BCUT2D eigenvalue weighted by Gasteiger charge is -2.33. The molecule has 104 valence electrons. The van der Waals surface area contributed by atoms with Crippen molar-refractivity contribution in [3.8, 4) is 5.75 Å². The monoisotopic (exact) mass is 262 g/mol. The van der Waals surface area contributed by atoms with E-state index in [2.05, 4.69) is 12.2 Å². The Morgan fingerprint density at radius 3 is 2.74 bits per heavy atom. The van der Waals surface area contributed by atoms with Crippen LogP contribution in [-0.2, 0) is 0 Å². The summed E-state index contributed by atoms with van der Waals surface area (Å²) in [7, 11) is 0. The van der Waals surface area contributed by atoms with E-state index < -0.39 is 0 Å². The van der Waals surface area contributed by atoms with Crippen LogP contribution in [0.3, 0.4) is 0 Å². The van der Waals surface area contributed by atoms with E-state index in [-0.39, 0.29) is 17.1 Å². The number of anilines is 1. The predicted octanol–water partition coefficient (Wildman–Crippen LogP) is 2.67. The molecule has 1 amide bonds. The predicted molar refractivity (Wildman–Crippen MR) is 76.0 cm³/mol. The number of amides is 1. The molecule has 2 rings (SSSR count). The second kappa shape index (κ2) is 5.51. The van der Waals surface area contributed by atoms with Gasteiger partial charge in [0.05, 0.1) is 5.56 Å². The molecule has 0 radical (unpaired) electrons. The van der Waals surface area contributed by atoms with Crippen LogP contribution in [0.2, 0.25) is 0 Å². The summed E-state index contributed by atoms with van der Waals surface area (Å²) in [4.78, 5) is 12.1. The first kappa shape index (κ1) is 13.7. The van der Waals surface area contributed by atoms with E-state index in [0.29, 0.717) is 17.8 Å². The Balaban J connectivity index is 1.99. The molecule has 0 aliphatic heterocycles. The minimum atomic E-state index is -0.208. The van der Waals surface area contributed by atoms with Crippen molar-refractivity contribution in [1.82, 2.24) is 5.32 Å². The maximum Gasteiger partial charge on any atom is 0.253 e. The Kier molecular flexibility index (Phi) is 3.98. The van der Waals surface area contributed by atoms with E-state index in [1.807, 2.05) is 0 Å². The summed E-state index contributed by atoms with van der Waals surface area (Å²) in [5.74, 6) is -0.150. The molecule has 1 aliphatic carbocycles. The van der Waals surface area contributed by atoms with Crippen LogP contribution in [0.25, 0.3) is 0 Å². The molecule has 0 unspecified atom stereocenters. The first-order chi connectivity index (χ1) is 9.00. The summed E-state index contributed by atoms with van der Waals surface area (Å²) < 4.78 is 0. The third kappa shape index (κ3) is 3.40. The van der Waals surface area contributed by atoms with E-state index >= 15 is 0 Å². The van der Waals surface area contributed by atoms with Gasteiger partial charge in [0.15, 0.2) is 0 Å². The van der Waals surface area contributed by atoms with Crippen molar-refractivity contribution < 1.29 is 9.90 Å². The SMILES string of the molecule is CC1(CNC(=O)c2cc(O)ccc2N)CCCCC1. The Morgan fingerprint density at radius 1 is 1.37 bits per heavy atom. The van der Waals surface area contributed by atoms with Crippen LogP contribution in [0, 0.1) is 5.41 Å². The molecule has 1 aromatic carbocycles. The molecule has 4 nitrogen and oxygen atoms in total. The average Bonchev–Trinajstić information content (AvgIpc) is 2.40. The number of carbonyl (C=O) groups is 1. The van der Waals surface area contributed by atoms with Gasteiger partial charge in [0.25, 0.3) is 5.91 Å².